The second-order valence-corrected chi connectivity index (χ2v) is 9.31. The number of carbonyl (C=O) groups excluding carboxylic acids is 1. The lowest BCUT2D eigenvalue weighted by molar-refractivity contribution is 0.0996. The van der Waals surface area contributed by atoms with Crippen LogP contribution in [0.5, 0.6) is 0 Å². The molecule has 4 rings (SSSR count). The maximum absolute atomic E-state index is 11.6. The minimum atomic E-state index is -0.357. The predicted octanol–water partition coefficient (Wildman–Crippen LogP) is 5.56. The topological polar surface area (TPSA) is 46.3 Å². The first-order valence-corrected chi connectivity index (χ1v) is 11.1. The van der Waals surface area contributed by atoms with Crippen molar-refractivity contribution in [1.29, 1.82) is 0 Å². The second-order valence-electron chi connectivity index (χ2n) is 9.31. The van der Waals surface area contributed by atoms with E-state index in [0.717, 1.165) is 26.1 Å². The summed E-state index contributed by atoms with van der Waals surface area (Å²) in [6.45, 7) is 9.81. The van der Waals surface area contributed by atoms with Crippen molar-refractivity contribution in [2.75, 3.05) is 13.1 Å². The van der Waals surface area contributed by atoms with Gasteiger partial charge in [0, 0.05) is 18.7 Å². The predicted molar refractivity (Wildman–Crippen MR) is 128 cm³/mol. The molecule has 0 saturated carbocycles. The summed E-state index contributed by atoms with van der Waals surface area (Å²) >= 11 is 0. The molecule has 3 heteroatoms. The van der Waals surface area contributed by atoms with E-state index in [0.29, 0.717) is 11.5 Å². The van der Waals surface area contributed by atoms with Gasteiger partial charge in [-0.3, -0.25) is 9.69 Å². The van der Waals surface area contributed by atoms with E-state index in [4.69, 9.17) is 5.73 Å². The molecule has 0 aliphatic carbocycles. The minimum absolute atomic E-state index is 0.0528. The van der Waals surface area contributed by atoms with Gasteiger partial charge in [0.15, 0.2) is 0 Å². The van der Waals surface area contributed by atoms with Crippen LogP contribution in [0.15, 0.2) is 72.8 Å². The monoisotopic (exact) mass is 412 g/mol. The zero-order valence-electron chi connectivity index (χ0n) is 18.8. The fourth-order valence-corrected chi connectivity index (χ4v) is 4.72. The van der Waals surface area contributed by atoms with Gasteiger partial charge >= 0.3 is 0 Å². The van der Waals surface area contributed by atoms with Gasteiger partial charge in [-0.25, -0.2) is 0 Å². The molecule has 3 aromatic carbocycles. The van der Waals surface area contributed by atoms with E-state index in [1.165, 1.54) is 27.8 Å². The number of piperidine rings is 1. The van der Waals surface area contributed by atoms with E-state index in [-0.39, 0.29) is 11.3 Å². The molecule has 1 saturated heterocycles. The maximum atomic E-state index is 11.6. The van der Waals surface area contributed by atoms with Crippen LogP contribution in [0.4, 0.5) is 0 Å². The molecule has 0 unspecified atom stereocenters. The molecule has 0 bridgehead atoms. The molecule has 31 heavy (non-hydrogen) atoms. The Morgan fingerprint density at radius 3 is 2.29 bits per heavy atom. The van der Waals surface area contributed by atoms with E-state index in [1.54, 1.807) is 6.07 Å². The Balaban J connectivity index is 1.42. The molecule has 1 fully saturated rings. The van der Waals surface area contributed by atoms with Crippen LogP contribution in [0.1, 0.15) is 47.3 Å². The number of hydrogen-bond acceptors (Lipinski definition) is 2. The first-order valence-electron chi connectivity index (χ1n) is 11.1. The van der Waals surface area contributed by atoms with Gasteiger partial charge in [0.1, 0.15) is 0 Å². The summed E-state index contributed by atoms with van der Waals surface area (Å²) in [5.74, 6) is 0.126. The fourth-order valence-electron chi connectivity index (χ4n) is 4.72. The number of amides is 1. The highest BCUT2D eigenvalue weighted by atomic mass is 16.1. The second kappa shape index (κ2) is 8.68. The lowest BCUT2D eigenvalue weighted by atomic mass is 9.68. The van der Waals surface area contributed by atoms with Crippen molar-refractivity contribution in [2.45, 2.75) is 39.2 Å². The Morgan fingerprint density at radius 1 is 1.03 bits per heavy atom. The van der Waals surface area contributed by atoms with Crippen molar-refractivity contribution in [3.8, 4) is 11.1 Å². The van der Waals surface area contributed by atoms with Crippen LogP contribution in [-0.4, -0.2) is 23.9 Å². The maximum Gasteiger partial charge on any atom is 0.248 e. The summed E-state index contributed by atoms with van der Waals surface area (Å²) < 4.78 is 0. The average molecular weight is 413 g/mol. The molecule has 3 nitrogen and oxygen atoms in total. The van der Waals surface area contributed by atoms with Gasteiger partial charge in [0.05, 0.1) is 0 Å². The van der Waals surface area contributed by atoms with Crippen molar-refractivity contribution >= 4 is 5.91 Å². The van der Waals surface area contributed by atoms with Gasteiger partial charge < -0.3 is 5.73 Å². The van der Waals surface area contributed by atoms with Gasteiger partial charge in [0.25, 0.3) is 0 Å². The largest absolute Gasteiger partial charge is 0.366 e. The number of aryl methyl sites for hydroxylation is 1. The molecule has 2 N–H and O–H groups in total. The van der Waals surface area contributed by atoms with Crippen LogP contribution in [0.3, 0.4) is 0 Å². The zero-order chi connectivity index (χ0) is 22.0. The number of likely N-dealkylation sites (tertiary alicyclic amines) is 1. The minimum Gasteiger partial charge on any atom is -0.366 e. The molecule has 2 atom stereocenters. The molecule has 3 aromatic rings. The third-order valence-corrected chi connectivity index (χ3v) is 7.12. The third-order valence-electron chi connectivity index (χ3n) is 7.12. The van der Waals surface area contributed by atoms with E-state index in [2.05, 4.69) is 80.3 Å². The highest BCUT2D eigenvalue weighted by Gasteiger charge is 2.38. The van der Waals surface area contributed by atoms with Gasteiger partial charge in [0.2, 0.25) is 5.91 Å². The summed E-state index contributed by atoms with van der Waals surface area (Å²) in [7, 11) is 0. The summed E-state index contributed by atoms with van der Waals surface area (Å²) in [4.78, 5) is 14.2. The van der Waals surface area contributed by atoms with Crippen molar-refractivity contribution < 1.29 is 4.79 Å². The lowest BCUT2D eigenvalue weighted by Gasteiger charge is -2.45. The van der Waals surface area contributed by atoms with E-state index in [9.17, 15) is 4.79 Å². The summed E-state index contributed by atoms with van der Waals surface area (Å²) in [5.41, 5.74) is 12.5. The fraction of sp³-hybridized carbons (Fsp3) is 0.321. The summed E-state index contributed by atoms with van der Waals surface area (Å²) in [6.07, 6.45) is 1.07. The summed E-state index contributed by atoms with van der Waals surface area (Å²) in [5, 5.41) is 0. The first-order chi connectivity index (χ1) is 14.8. The Kier molecular flexibility index (Phi) is 5.97. The molecule has 160 valence electrons. The van der Waals surface area contributed by atoms with Crippen LogP contribution in [0, 0.1) is 12.8 Å². The molecule has 1 amide bonds. The van der Waals surface area contributed by atoms with Gasteiger partial charge in [-0.15, -0.1) is 0 Å². The lowest BCUT2D eigenvalue weighted by Crippen LogP contribution is -2.47. The van der Waals surface area contributed by atoms with Crippen LogP contribution in [0.25, 0.3) is 11.1 Å². The molecule has 0 spiro atoms. The Labute approximate surface area is 185 Å². The van der Waals surface area contributed by atoms with Crippen LogP contribution < -0.4 is 5.73 Å². The SMILES string of the molecule is Cc1ccc(-c2ccc(CN3CC[C@@](C)(c4cccc(C(N)=O)c4)[C@@H](C)C3)cc2)cc1. The van der Waals surface area contributed by atoms with Gasteiger partial charge in [-0.05, 0) is 65.6 Å². The van der Waals surface area contributed by atoms with Crippen molar-refractivity contribution in [3.63, 3.8) is 0 Å². The van der Waals surface area contributed by atoms with Gasteiger partial charge in [-0.1, -0.05) is 80.1 Å². The molecular formula is C28H32N2O. The van der Waals surface area contributed by atoms with E-state index < -0.39 is 0 Å². The van der Waals surface area contributed by atoms with Crippen molar-refractivity contribution in [1.82, 2.24) is 4.90 Å². The molecule has 0 radical (unpaired) electrons. The highest BCUT2D eigenvalue weighted by Crippen LogP contribution is 2.40. The third kappa shape index (κ3) is 4.57. The normalized spacial score (nSPS) is 21.7. The number of primary amides is 1. The molecule has 1 aliphatic rings. The Morgan fingerprint density at radius 2 is 1.68 bits per heavy atom. The quantitative estimate of drug-likeness (QED) is 0.596. The number of nitrogens with two attached hydrogens (primary N) is 1. The van der Waals surface area contributed by atoms with Crippen molar-refractivity contribution in [3.05, 3.63) is 95.1 Å². The number of rotatable bonds is 5. The molecular weight excluding hydrogens is 380 g/mol. The smallest absolute Gasteiger partial charge is 0.248 e. The number of hydrogen-bond donors (Lipinski definition) is 1. The van der Waals surface area contributed by atoms with Crippen LogP contribution in [0.2, 0.25) is 0 Å². The van der Waals surface area contributed by atoms with Crippen molar-refractivity contribution in [2.24, 2.45) is 11.7 Å². The Hall–Kier alpha value is -2.91. The zero-order valence-corrected chi connectivity index (χ0v) is 18.8. The van der Waals surface area contributed by atoms with Crippen LogP contribution >= 0.6 is 0 Å². The number of nitrogens with zero attached hydrogens (tertiary/aromatic N) is 1. The summed E-state index contributed by atoms with van der Waals surface area (Å²) in [6, 6.07) is 25.5. The van der Waals surface area contributed by atoms with E-state index >= 15 is 0 Å². The average Bonchev–Trinajstić information content (AvgIpc) is 2.77. The highest BCUT2D eigenvalue weighted by molar-refractivity contribution is 5.93. The number of carbonyl (C=O) groups is 1. The Bertz CT molecular complexity index is 1060. The van der Waals surface area contributed by atoms with Crippen LogP contribution in [-0.2, 0) is 12.0 Å². The van der Waals surface area contributed by atoms with Gasteiger partial charge in [-0.2, -0.15) is 0 Å². The van der Waals surface area contributed by atoms with E-state index in [1.807, 2.05) is 12.1 Å². The standard InChI is InChI=1S/C28H32N2O/c1-20-7-11-23(12-8-20)24-13-9-22(10-14-24)19-30-16-15-28(3,21(2)18-30)26-6-4-5-25(17-26)27(29)31/h4-14,17,21H,15-16,18-19H2,1-3H3,(H2,29,31)/t21-,28+/m0/s1. The molecule has 1 heterocycles. The molecule has 0 aromatic heterocycles. The molecule has 1 aliphatic heterocycles. The first kappa shape index (κ1) is 21.3. The number of benzene rings is 3.